The number of esters is 1. The lowest BCUT2D eigenvalue weighted by Crippen LogP contribution is -2.16. The molecule has 0 fully saturated rings. The zero-order valence-corrected chi connectivity index (χ0v) is 14.4. The van der Waals surface area contributed by atoms with E-state index >= 15 is 0 Å². The van der Waals surface area contributed by atoms with Crippen LogP contribution in [0, 0.1) is 13.8 Å². The largest absolute Gasteiger partial charge is 0.465 e. The number of methoxy groups -OCH3 is 1. The number of aromatic nitrogens is 2. The number of carbonyl (C=O) groups excluding carboxylic acids is 3. The fraction of sp³-hybridized carbons (Fsp3) is 0.333. The van der Waals surface area contributed by atoms with Crippen molar-refractivity contribution in [2.75, 3.05) is 12.4 Å². The van der Waals surface area contributed by atoms with Gasteiger partial charge in [0.05, 0.1) is 23.2 Å². The maximum Gasteiger partial charge on any atom is 0.341 e. The molecule has 2 rings (SSSR count). The molecule has 0 atom stereocenters. The van der Waals surface area contributed by atoms with Gasteiger partial charge < -0.3 is 15.8 Å². The second kappa shape index (κ2) is 7.26. The molecule has 0 saturated carbocycles. The number of rotatable bonds is 6. The second-order valence-corrected chi connectivity index (χ2v) is 6.16. The minimum absolute atomic E-state index is 0.152. The quantitative estimate of drug-likeness (QED) is 0.765. The molecule has 0 spiro atoms. The molecule has 2 heterocycles. The summed E-state index contributed by atoms with van der Waals surface area (Å²) in [7, 11) is 1.23. The van der Waals surface area contributed by atoms with E-state index in [2.05, 4.69) is 10.4 Å². The molecule has 0 bridgehead atoms. The van der Waals surface area contributed by atoms with E-state index in [0.29, 0.717) is 12.1 Å². The van der Waals surface area contributed by atoms with Gasteiger partial charge in [0, 0.05) is 19.2 Å². The van der Waals surface area contributed by atoms with Gasteiger partial charge in [0.1, 0.15) is 5.00 Å². The van der Waals surface area contributed by atoms with Crippen molar-refractivity contribution in [2.24, 2.45) is 5.73 Å². The molecule has 2 aromatic heterocycles. The second-order valence-electron chi connectivity index (χ2n) is 5.13. The number of carbonyl (C=O) groups is 3. The number of amides is 2. The SMILES string of the molecule is COC(=O)c1c(NC(=O)CCn2ccc(C)n2)sc(C(N)=O)c1C. The summed E-state index contributed by atoms with van der Waals surface area (Å²) in [5, 5.41) is 7.10. The topological polar surface area (TPSA) is 116 Å². The van der Waals surface area contributed by atoms with Gasteiger partial charge in [0.2, 0.25) is 5.91 Å². The Morgan fingerprint density at radius 2 is 2.08 bits per heavy atom. The first-order chi connectivity index (χ1) is 11.3. The van der Waals surface area contributed by atoms with Crippen LogP contribution < -0.4 is 11.1 Å². The third kappa shape index (κ3) is 3.80. The van der Waals surface area contributed by atoms with E-state index in [9.17, 15) is 14.4 Å². The van der Waals surface area contributed by atoms with E-state index in [1.54, 1.807) is 17.8 Å². The third-order valence-electron chi connectivity index (χ3n) is 3.36. The van der Waals surface area contributed by atoms with E-state index in [4.69, 9.17) is 10.5 Å². The van der Waals surface area contributed by atoms with Crippen molar-refractivity contribution in [1.82, 2.24) is 9.78 Å². The van der Waals surface area contributed by atoms with Crippen LogP contribution >= 0.6 is 11.3 Å². The van der Waals surface area contributed by atoms with Crippen molar-refractivity contribution in [3.63, 3.8) is 0 Å². The number of thiophene rings is 1. The zero-order chi connectivity index (χ0) is 17.9. The summed E-state index contributed by atoms with van der Waals surface area (Å²) in [6.45, 7) is 3.85. The monoisotopic (exact) mass is 350 g/mol. The fourth-order valence-corrected chi connectivity index (χ4v) is 3.24. The van der Waals surface area contributed by atoms with Crippen molar-refractivity contribution >= 4 is 34.1 Å². The highest BCUT2D eigenvalue weighted by Crippen LogP contribution is 2.33. The van der Waals surface area contributed by atoms with Crippen molar-refractivity contribution in [3.8, 4) is 0 Å². The van der Waals surface area contributed by atoms with Gasteiger partial charge in [0.15, 0.2) is 0 Å². The number of aryl methyl sites for hydroxylation is 2. The molecular formula is C15H18N4O4S. The molecule has 0 aliphatic heterocycles. The van der Waals surface area contributed by atoms with Gasteiger partial charge >= 0.3 is 5.97 Å². The normalized spacial score (nSPS) is 10.5. The van der Waals surface area contributed by atoms with E-state index in [1.807, 2.05) is 13.0 Å². The minimum atomic E-state index is -0.657. The van der Waals surface area contributed by atoms with E-state index < -0.39 is 11.9 Å². The zero-order valence-electron chi connectivity index (χ0n) is 13.6. The van der Waals surface area contributed by atoms with E-state index in [-0.39, 0.29) is 27.8 Å². The van der Waals surface area contributed by atoms with Gasteiger partial charge in [-0.15, -0.1) is 11.3 Å². The average molecular weight is 350 g/mol. The number of nitrogens with zero attached hydrogens (tertiary/aromatic N) is 2. The summed E-state index contributed by atoms with van der Waals surface area (Å²) < 4.78 is 6.37. The molecule has 8 nitrogen and oxygen atoms in total. The highest BCUT2D eigenvalue weighted by atomic mass is 32.1. The minimum Gasteiger partial charge on any atom is -0.465 e. The van der Waals surface area contributed by atoms with Gasteiger partial charge in [-0.2, -0.15) is 5.10 Å². The Hall–Kier alpha value is -2.68. The first-order valence-corrected chi connectivity index (χ1v) is 7.96. The van der Waals surface area contributed by atoms with Crippen LogP contribution in [0.5, 0.6) is 0 Å². The highest BCUT2D eigenvalue weighted by molar-refractivity contribution is 7.18. The molecule has 0 unspecified atom stereocenters. The van der Waals surface area contributed by atoms with Crippen LogP contribution in [-0.4, -0.2) is 34.7 Å². The maximum absolute atomic E-state index is 12.1. The Bertz CT molecular complexity index is 793. The van der Waals surface area contributed by atoms with Gasteiger partial charge in [-0.3, -0.25) is 14.3 Å². The smallest absolute Gasteiger partial charge is 0.341 e. The lowest BCUT2D eigenvalue weighted by Gasteiger charge is -2.06. The van der Waals surface area contributed by atoms with E-state index in [0.717, 1.165) is 17.0 Å². The van der Waals surface area contributed by atoms with Crippen LogP contribution in [0.4, 0.5) is 5.00 Å². The Balaban J connectivity index is 2.15. The molecule has 24 heavy (non-hydrogen) atoms. The molecule has 3 N–H and O–H groups in total. The van der Waals surface area contributed by atoms with Gasteiger partial charge in [-0.05, 0) is 25.5 Å². The maximum atomic E-state index is 12.1. The number of primary amides is 1. The average Bonchev–Trinajstić information content (AvgIpc) is 3.08. The first-order valence-electron chi connectivity index (χ1n) is 7.15. The van der Waals surface area contributed by atoms with Crippen molar-refractivity contribution in [1.29, 1.82) is 0 Å². The molecule has 0 aliphatic carbocycles. The van der Waals surface area contributed by atoms with Crippen molar-refractivity contribution < 1.29 is 19.1 Å². The molecule has 0 saturated heterocycles. The molecule has 0 aromatic carbocycles. The molecule has 2 aromatic rings. The summed E-state index contributed by atoms with van der Waals surface area (Å²) in [5.74, 6) is -1.59. The van der Waals surface area contributed by atoms with Crippen molar-refractivity contribution in [2.45, 2.75) is 26.8 Å². The molecule has 0 radical (unpaired) electrons. The van der Waals surface area contributed by atoms with Gasteiger partial charge in [-0.25, -0.2) is 4.79 Å². The molecule has 2 amide bonds. The third-order valence-corrected chi connectivity index (χ3v) is 4.58. The first kappa shape index (κ1) is 17.7. The molecule has 9 heteroatoms. The Labute approximate surface area is 142 Å². The fourth-order valence-electron chi connectivity index (χ4n) is 2.18. The summed E-state index contributed by atoms with van der Waals surface area (Å²) in [5.41, 5.74) is 6.72. The number of nitrogens with two attached hydrogens (primary N) is 1. The Morgan fingerprint density at radius 3 is 2.62 bits per heavy atom. The predicted octanol–water partition coefficient (Wildman–Crippen LogP) is 1.48. The Morgan fingerprint density at radius 1 is 1.38 bits per heavy atom. The molecular weight excluding hydrogens is 332 g/mol. The van der Waals surface area contributed by atoms with Gasteiger partial charge in [-0.1, -0.05) is 0 Å². The Kier molecular flexibility index (Phi) is 5.35. The lowest BCUT2D eigenvalue weighted by atomic mass is 10.1. The number of hydrogen-bond donors (Lipinski definition) is 2. The number of nitrogens with one attached hydrogen (secondary N) is 1. The number of hydrogen-bond acceptors (Lipinski definition) is 6. The van der Waals surface area contributed by atoms with Crippen molar-refractivity contribution in [3.05, 3.63) is 34.0 Å². The number of ether oxygens (including phenoxy) is 1. The molecule has 128 valence electrons. The van der Waals surface area contributed by atoms with E-state index in [1.165, 1.54) is 7.11 Å². The van der Waals surface area contributed by atoms with Crippen LogP contribution in [0.15, 0.2) is 12.3 Å². The summed E-state index contributed by atoms with van der Waals surface area (Å²) in [6.07, 6.45) is 1.95. The number of anilines is 1. The van der Waals surface area contributed by atoms with Crippen LogP contribution in [0.1, 0.15) is 37.7 Å². The predicted molar refractivity (Wildman–Crippen MR) is 89.1 cm³/mol. The molecule has 0 aliphatic rings. The summed E-state index contributed by atoms with van der Waals surface area (Å²) >= 11 is 0.962. The summed E-state index contributed by atoms with van der Waals surface area (Å²) in [4.78, 5) is 35.7. The lowest BCUT2D eigenvalue weighted by molar-refractivity contribution is -0.116. The highest BCUT2D eigenvalue weighted by Gasteiger charge is 2.25. The van der Waals surface area contributed by atoms with Crippen LogP contribution in [0.25, 0.3) is 0 Å². The van der Waals surface area contributed by atoms with Crippen LogP contribution in [0.2, 0.25) is 0 Å². The van der Waals surface area contributed by atoms with Crippen LogP contribution in [0.3, 0.4) is 0 Å². The van der Waals surface area contributed by atoms with Crippen LogP contribution in [-0.2, 0) is 16.1 Å². The summed E-state index contributed by atoms with van der Waals surface area (Å²) in [6, 6.07) is 1.84. The standard InChI is InChI=1S/C15H18N4O4S/c1-8-4-6-19(18-8)7-5-10(20)17-14-11(15(22)23-3)9(2)12(24-14)13(16)21/h4,6H,5,7H2,1-3H3,(H2,16,21)(H,17,20). The van der Waals surface area contributed by atoms with Gasteiger partial charge in [0.25, 0.3) is 5.91 Å².